The number of fused-ring (bicyclic) bond motifs is 6. The van der Waals surface area contributed by atoms with Crippen molar-refractivity contribution in [2.45, 2.75) is 32.1 Å². The Hall–Kier alpha value is -4.24. The molecule has 2 N–H and O–H groups in total. The lowest BCUT2D eigenvalue weighted by Gasteiger charge is -2.19. The number of nitrogens with one attached hydrogen (secondary N) is 2. The van der Waals surface area contributed by atoms with E-state index >= 15 is 0 Å². The molecule has 5 rings (SSSR count). The lowest BCUT2D eigenvalue weighted by molar-refractivity contribution is 0.102. The topological polar surface area (TPSA) is 110 Å². The molecule has 1 aliphatic rings. The minimum absolute atomic E-state index is 0.0367. The van der Waals surface area contributed by atoms with Gasteiger partial charge in [-0.3, -0.25) is 4.79 Å². The van der Waals surface area contributed by atoms with Gasteiger partial charge in [0, 0.05) is 22.4 Å². The maximum atomic E-state index is 13.3. The first-order valence-electron chi connectivity index (χ1n) is 11.4. The fourth-order valence-corrected chi connectivity index (χ4v) is 5.23. The van der Waals surface area contributed by atoms with E-state index in [1.807, 2.05) is 39.0 Å². The van der Waals surface area contributed by atoms with Crippen LogP contribution < -0.4 is 14.8 Å². The molecule has 182 valence electrons. The van der Waals surface area contributed by atoms with Crippen LogP contribution in [0, 0.1) is 13.8 Å². The van der Waals surface area contributed by atoms with Crippen LogP contribution in [0.4, 0.5) is 11.6 Å². The van der Waals surface area contributed by atoms with E-state index in [0.717, 1.165) is 22.3 Å². The van der Waals surface area contributed by atoms with Crippen molar-refractivity contribution in [2.24, 2.45) is 0 Å². The van der Waals surface area contributed by atoms with Crippen molar-refractivity contribution < 1.29 is 17.9 Å². The molecule has 1 amide bonds. The molecule has 0 spiro atoms. The van der Waals surface area contributed by atoms with E-state index in [0.29, 0.717) is 29.1 Å². The number of ether oxygens (including phenoxy) is 1. The van der Waals surface area contributed by atoms with Gasteiger partial charge in [0.25, 0.3) is 15.9 Å². The zero-order chi connectivity index (χ0) is 25.4. The lowest BCUT2D eigenvalue weighted by Crippen LogP contribution is -2.18. The molecular weight excluding hydrogens is 476 g/mol. The number of hydrogen-bond donors (Lipinski definition) is 2. The summed E-state index contributed by atoms with van der Waals surface area (Å²) < 4.78 is 35.2. The maximum Gasteiger partial charge on any atom is 0.264 e. The molecule has 3 aromatic carbocycles. The van der Waals surface area contributed by atoms with Crippen molar-refractivity contribution in [1.29, 1.82) is 0 Å². The molecule has 9 heteroatoms. The van der Waals surface area contributed by atoms with E-state index in [4.69, 9.17) is 4.74 Å². The molecule has 1 aliphatic heterocycles. The zero-order valence-corrected chi connectivity index (χ0v) is 20.8. The van der Waals surface area contributed by atoms with Crippen LogP contribution in [0.2, 0.25) is 0 Å². The van der Waals surface area contributed by atoms with Gasteiger partial charge in [-0.15, -0.1) is 0 Å². The molecule has 0 unspecified atom stereocenters. The first-order valence-corrected chi connectivity index (χ1v) is 12.9. The molecule has 4 aromatic rings. The molecule has 0 atom stereocenters. The normalized spacial score (nSPS) is 14.1. The number of nitrogens with zero attached hydrogens (tertiary/aromatic N) is 2. The Labute approximate surface area is 209 Å². The fraction of sp³-hybridized carbons (Fsp3) is 0.148. The molecular formula is C27H24N4O4S. The SMILES string of the molecule is CCc1c2nc(nc1-c1c(C)cccc1C)NS(=O)(=O)c1cccc(c1)NC(=O)c1cccc(c1)O2. The summed E-state index contributed by atoms with van der Waals surface area (Å²) in [7, 11) is -4.07. The van der Waals surface area contributed by atoms with Gasteiger partial charge in [0.1, 0.15) is 5.75 Å². The van der Waals surface area contributed by atoms with Crippen LogP contribution in [0.5, 0.6) is 11.6 Å². The van der Waals surface area contributed by atoms with Crippen molar-refractivity contribution >= 4 is 27.6 Å². The smallest absolute Gasteiger partial charge is 0.264 e. The number of carbonyl (C=O) groups is 1. The van der Waals surface area contributed by atoms with Crippen molar-refractivity contribution in [3.05, 3.63) is 89.0 Å². The number of hydrogen-bond acceptors (Lipinski definition) is 6. The summed E-state index contributed by atoms with van der Waals surface area (Å²) in [6, 6.07) is 18.6. The molecule has 0 aliphatic carbocycles. The standard InChI is InChI=1S/C27H24N4O4S/c1-4-22-24(23-16(2)8-5-9-17(23)3)29-27-30-26(22)35-20-12-6-10-18(14-20)25(32)28-19-11-7-13-21(15-19)36(33,34)31-27/h5-15H,4H2,1-3H3,(H,28,32)(H,29,30,31). The van der Waals surface area contributed by atoms with E-state index in [-0.39, 0.29) is 16.7 Å². The number of aryl methyl sites for hydroxylation is 2. The Balaban J connectivity index is 1.79. The molecule has 6 bridgehead atoms. The Bertz CT molecular complexity index is 1600. The molecule has 2 heterocycles. The van der Waals surface area contributed by atoms with Gasteiger partial charge in [0.05, 0.1) is 10.6 Å². The van der Waals surface area contributed by atoms with E-state index in [9.17, 15) is 13.2 Å². The lowest BCUT2D eigenvalue weighted by atomic mass is 9.96. The summed E-state index contributed by atoms with van der Waals surface area (Å²) in [6.07, 6.45) is 0.535. The third-order valence-electron chi connectivity index (χ3n) is 5.98. The van der Waals surface area contributed by atoms with Gasteiger partial charge in [-0.2, -0.15) is 4.98 Å². The molecule has 36 heavy (non-hydrogen) atoms. The highest BCUT2D eigenvalue weighted by Crippen LogP contribution is 2.36. The highest BCUT2D eigenvalue weighted by molar-refractivity contribution is 7.92. The quantitative estimate of drug-likeness (QED) is 0.377. The third-order valence-corrected chi connectivity index (χ3v) is 7.31. The second-order valence-corrected chi connectivity index (χ2v) is 10.2. The van der Waals surface area contributed by atoms with Crippen LogP contribution in [-0.2, 0) is 16.4 Å². The van der Waals surface area contributed by atoms with Crippen LogP contribution in [0.25, 0.3) is 11.3 Å². The summed E-state index contributed by atoms with van der Waals surface area (Å²) in [5, 5.41) is 2.74. The Kier molecular flexibility index (Phi) is 5.93. The predicted octanol–water partition coefficient (Wildman–Crippen LogP) is 5.48. The predicted molar refractivity (Wildman–Crippen MR) is 138 cm³/mol. The van der Waals surface area contributed by atoms with E-state index < -0.39 is 15.9 Å². The van der Waals surface area contributed by atoms with Gasteiger partial charge in [-0.25, -0.2) is 18.1 Å². The largest absolute Gasteiger partial charge is 0.439 e. The minimum Gasteiger partial charge on any atom is -0.439 e. The van der Waals surface area contributed by atoms with Crippen molar-refractivity contribution in [1.82, 2.24) is 9.97 Å². The minimum atomic E-state index is -4.07. The van der Waals surface area contributed by atoms with E-state index in [1.54, 1.807) is 36.4 Å². The second-order valence-electron chi connectivity index (χ2n) is 8.52. The average molecular weight is 501 g/mol. The van der Waals surface area contributed by atoms with Crippen molar-refractivity contribution in [2.75, 3.05) is 10.0 Å². The van der Waals surface area contributed by atoms with Gasteiger partial charge in [0.15, 0.2) is 0 Å². The number of carbonyl (C=O) groups excluding carboxylic acids is 1. The molecule has 0 saturated carbocycles. The number of aromatic nitrogens is 2. The average Bonchev–Trinajstić information content (AvgIpc) is 2.83. The van der Waals surface area contributed by atoms with Gasteiger partial charge in [0.2, 0.25) is 11.8 Å². The molecule has 1 aromatic heterocycles. The Morgan fingerprint density at radius 2 is 1.64 bits per heavy atom. The second kappa shape index (κ2) is 9.09. The fourth-order valence-electron chi connectivity index (χ4n) is 4.24. The van der Waals surface area contributed by atoms with Crippen LogP contribution >= 0.6 is 0 Å². The van der Waals surface area contributed by atoms with E-state index in [2.05, 4.69) is 20.0 Å². The van der Waals surface area contributed by atoms with Crippen LogP contribution in [0.15, 0.2) is 71.6 Å². The first kappa shape index (κ1) is 23.5. The molecule has 0 radical (unpaired) electrons. The number of benzene rings is 3. The highest BCUT2D eigenvalue weighted by Gasteiger charge is 2.24. The number of anilines is 2. The summed E-state index contributed by atoms with van der Waals surface area (Å²) in [4.78, 5) is 22.0. The monoisotopic (exact) mass is 500 g/mol. The summed E-state index contributed by atoms with van der Waals surface area (Å²) in [5.74, 6) is 0.104. The van der Waals surface area contributed by atoms with Crippen molar-refractivity contribution in [3.8, 4) is 22.9 Å². The number of rotatable bonds is 2. The summed E-state index contributed by atoms with van der Waals surface area (Å²) in [5.41, 5.74) is 4.87. The molecule has 0 fully saturated rings. The van der Waals surface area contributed by atoms with Gasteiger partial charge < -0.3 is 10.1 Å². The zero-order valence-electron chi connectivity index (χ0n) is 20.0. The van der Waals surface area contributed by atoms with E-state index in [1.165, 1.54) is 12.1 Å². The van der Waals surface area contributed by atoms with Crippen LogP contribution in [-0.4, -0.2) is 24.3 Å². The number of sulfonamides is 1. The summed E-state index contributed by atoms with van der Waals surface area (Å²) in [6.45, 7) is 5.92. The van der Waals surface area contributed by atoms with Crippen molar-refractivity contribution in [3.63, 3.8) is 0 Å². The molecule has 0 saturated heterocycles. The van der Waals surface area contributed by atoms with Gasteiger partial charge in [-0.1, -0.05) is 37.3 Å². The maximum absolute atomic E-state index is 13.3. The highest BCUT2D eigenvalue weighted by atomic mass is 32.2. The summed E-state index contributed by atoms with van der Waals surface area (Å²) >= 11 is 0. The van der Waals surface area contributed by atoms with Crippen LogP contribution in [0.1, 0.15) is 34.0 Å². The van der Waals surface area contributed by atoms with Crippen LogP contribution in [0.3, 0.4) is 0 Å². The molecule has 8 nitrogen and oxygen atoms in total. The Morgan fingerprint density at radius 1 is 0.917 bits per heavy atom. The van der Waals surface area contributed by atoms with Gasteiger partial charge in [-0.05, 0) is 67.8 Å². The number of amides is 1. The third kappa shape index (κ3) is 4.40. The first-order chi connectivity index (χ1) is 17.2. The Morgan fingerprint density at radius 3 is 2.39 bits per heavy atom. The van der Waals surface area contributed by atoms with Gasteiger partial charge >= 0.3 is 0 Å².